The zero-order valence-corrected chi connectivity index (χ0v) is 40.1. The number of ether oxygens (including phenoxy) is 9. The van der Waals surface area contributed by atoms with Crippen LogP contribution in [0.4, 0.5) is 5.13 Å². The number of para-hydroxylation sites is 1. The van der Waals surface area contributed by atoms with Gasteiger partial charge in [0.05, 0.1) is 52.9 Å². The molecule has 0 bridgehead atoms. The number of nitrogens with one attached hydrogen (secondary N) is 1. The number of nitrogens with zero attached hydrogens (tertiary/aromatic N) is 2. The average Bonchev–Trinajstić information content (AvgIpc) is 3.83. The van der Waals surface area contributed by atoms with E-state index in [0.29, 0.717) is 48.1 Å². The first-order valence-electron chi connectivity index (χ1n) is 22.4. The molecule has 1 N–H and O–H groups in total. The van der Waals surface area contributed by atoms with Crippen LogP contribution < -0.4 is 24.4 Å². The normalized spacial score (nSPS) is 11.1. The summed E-state index contributed by atoms with van der Waals surface area (Å²) in [5.41, 5.74) is 5.60. The fourth-order valence-corrected chi connectivity index (χ4v) is 7.03. The SMILES string of the molecule is C=CC(=O)OCCCCOCC(COc1ccc(C(=O)Oc2ccc(CCOC(=O)c3ccc(OC(=O)c4ccc(OCOC(=O)C=C)cc4)cc3)cc2/C=N/Nc2nc3ccccc3s2)cc1)OC(=O)C=C. The van der Waals surface area contributed by atoms with Gasteiger partial charge in [-0.05, 0) is 115 Å². The van der Waals surface area contributed by atoms with Gasteiger partial charge in [0.25, 0.3) is 0 Å². The lowest BCUT2D eigenvalue weighted by Gasteiger charge is -2.18. The molecule has 6 aromatic rings. The van der Waals surface area contributed by atoms with E-state index in [1.807, 2.05) is 24.3 Å². The minimum atomic E-state index is -0.767. The number of rotatable bonds is 28. The maximum Gasteiger partial charge on any atom is 0.343 e. The van der Waals surface area contributed by atoms with E-state index in [0.717, 1.165) is 34.0 Å². The molecule has 0 aliphatic heterocycles. The Kier molecular flexibility index (Phi) is 20.5. The van der Waals surface area contributed by atoms with Gasteiger partial charge in [-0.25, -0.2) is 33.8 Å². The van der Waals surface area contributed by atoms with Crippen LogP contribution >= 0.6 is 11.3 Å². The molecule has 376 valence electrons. The van der Waals surface area contributed by atoms with E-state index in [1.54, 1.807) is 30.3 Å². The number of anilines is 1. The van der Waals surface area contributed by atoms with Crippen LogP contribution in [-0.4, -0.2) is 92.9 Å². The molecule has 0 radical (unpaired) electrons. The maximum atomic E-state index is 13.5. The van der Waals surface area contributed by atoms with Gasteiger partial charge >= 0.3 is 35.8 Å². The van der Waals surface area contributed by atoms with Gasteiger partial charge in [0.15, 0.2) is 6.10 Å². The summed E-state index contributed by atoms with van der Waals surface area (Å²) in [4.78, 5) is 78.1. The van der Waals surface area contributed by atoms with Crippen LogP contribution in [0.3, 0.4) is 0 Å². The van der Waals surface area contributed by atoms with Crippen molar-refractivity contribution in [2.45, 2.75) is 25.4 Å². The number of esters is 6. The van der Waals surface area contributed by atoms with Crippen molar-refractivity contribution >= 4 is 68.7 Å². The highest BCUT2D eigenvalue weighted by molar-refractivity contribution is 7.22. The number of fused-ring (bicyclic) bond motifs is 1. The summed E-state index contributed by atoms with van der Waals surface area (Å²) in [5, 5.41) is 4.93. The van der Waals surface area contributed by atoms with Crippen LogP contribution in [0, 0.1) is 0 Å². The highest BCUT2D eigenvalue weighted by Gasteiger charge is 2.18. The van der Waals surface area contributed by atoms with Gasteiger partial charge in [-0.2, -0.15) is 5.10 Å². The lowest BCUT2D eigenvalue weighted by Crippen LogP contribution is -2.29. The van der Waals surface area contributed by atoms with Crippen molar-refractivity contribution in [1.82, 2.24) is 4.98 Å². The first-order chi connectivity index (χ1) is 35.5. The van der Waals surface area contributed by atoms with Crippen LogP contribution in [0.2, 0.25) is 0 Å². The highest BCUT2D eigenvalue weighted by Crippen LogP contribution is 2.26. The second-order valence-electron chi connectivity index (χ2n) is 15.1. The first kappa shape index (κ1) is 53.4. The fraction of sp³-hybridized carbons (Fsp3) is 0.185. The van der Waals surface area contributed by atoms with Gasteiger partial charge in [-0.15, -0.1) is 0 Å². The summed E-state index contributed by atoms with van der Waals surface area (Å²) >= 11 is 1.42. The summed E-state index contributed by atoms with van der Waals surface area (Å²) in [6, 6.07) is 30.8. The molecule has 1 unspecified atom stereocenters. The number of hydrazone groups is 1. The Morgan fingerprint density at radius 1 is 0.616 bits per heavy atom. The zero-order valence-electron chi connectivity index (χ0n) is 39.3. The quantitative estimate of drug-likeness (QED) is 0.00709. The molecule has 1 aromatic heterocycles. The Bertz CT molecular complexity index is 2880. The molecule has 19 heteroatoms. The van der Waals surface area contributed by atoms with E-state index in [1.165, 1.54) is 78.2 Å². The molecule has 0 saturated heterocycles. The van der Waals surface area contributed by atoms with Crippen LogP contribution in [-0.2, 0) is 44.5 Å². The molecule has 5 aromatic carbocycles. The van der Waals surface area contributed by atoms with Crippen LogP contribution in [0.1, 0.15) is 55.0 Å². The molecule has 0 aliphatic carbocycles. The summed E-state index contributed by atoms with van der Waals surface area (Å²) in [5.74, 6) is -2.55. The third-order valence-corrected chi connectivity index (χ3v) is 10.9. The number of thiazole rings is 1. The Labute approximate surface area is 423 Å². The van der Waals surface area contributed by atoms with Crippen molar-refractivity contribution in [2.24, 2.45) is 5.10 Å². The van der Waals surface area contributed by atoms with Gasteiger partial charge in [-0.1, -0.05) is 49.3 Å². The number of unbranched alkanes of at least 4 members (excludes halogenated alkanes) is 1. The van der Waals surface area contributed by atoms with Crippen molar-refractivity contribution in [3.63, 3.8) is 0 Å². The average molecular weight is 1010 g/mol. The summed E-state index contributed by atoms with van der Waals surface area (Å²) in [6.45, 7) is 10.3. The van der Waals surface area contributed by atoms with Crippen molar-refractivity contribution in [1.29, 1.82) is 0 Å². The summed E-state index contributed by atoms with van der Waals surface area (Å²) in [7, 11) is 0. The largest absolute Gasteiger partial charge is 0.490 e. The number of aromatic nitrogens is 1. The summed E-state index contributed by atoms with van der Waals surface area (Å²) < 4.78 is 49.7. The van der Waals surface area contributed by atoms with E-state index in [2.05, 4.69) is 35.2 Å². The lowest BCUT2D eigenvalue weighted by molar-refractivity contribution is -0.148. The van der Waals surface area contributed by atoms with Gasteiger partial charge < -0.3 is 42.6 Å². The third-order valence-electron chi connectivity index (χ3n) is 9.92. The number of carbonyl (C=O) groups is 6. The van der Waals surface area contributed by atoms with E-state index >= 15 is 0 Å². The number of carbonyl (C=O) groups excluding carboxylic acids is 6. The van der Waals surface area contributed by atoms with Gasteiger partial charge in [0, 0.05) is 36.8 Å². The molecule has 1 atom stereocenters. The number of hydrogen-bond donors (Lipinski definition) is 1. The van der Waals surface area contributed by atoms with Crippen LogP contribution in [0.5, 0.6) is 23.0 Å². The molecule has 0 aliphatic rings. The smallest absolute Gasteiger partial charge is 0.343 e. The van der Waals surface area contributed by atoms with Crippen LogP contribution in [0.15, 0.2) is 158 Å². The van der Waals surface area contributed by atoms with Crippen molar-refractivity contribution in [3.05, 3.63) is 181 Å². The zero-order chi connectivity index (χ0) is 51.8. The molecule has 1 heterocycles. The number of benzene rings is 5. The van der Waals surface area contributed by atoms with Gasteiger partial charge in [0.1, 0.15) is 29.6 Å². The second-order valence-corrected chi connectivity index (χ2v) is 16.2. The Morgan fingerprint density at radius 2 is 1.23 bits per heavy atom. The minimum Gasteiger partial charge on any atom is -0.490 e. The summed E-state index contributed by atoms with van der Waals surface area (Å²) in [6.07, 6.45) is 5.33. The molecule has 0 fully saturated rings. The maximum absolute atomic E-state index is 13.5. The van der Waals surface area contributed by atoms with Crippen LogP contribution in [0.25, 0.3) is 10.2 Å². The van der Waals surface area contributed by atoms with Crippen molar-refractivity contribution in [2.75, 3.05) is 45.3 Å². The van der Waals surface area contributed by atoms with E-state index in [9.17, 15) is 28.8 Å². The minimum absolute atomic E-state index is 0.00111. The Morgan fingerprint density at radius 3 is 1.92 bits per heavy atom. The molecule has 0 amide bonds. The third kappa shape index (κ3) is 17.5. The molecule has 6 rings (SSSR count). The molecular weight excluding hydrogens is 963 g/mol. The van der Waals surface area contributed by atoms with E-state index in [4.69, 9.17) is 42.6 Å². The molecule has 0 spiro atoms. The monoisotopic (exact) mass is 1010 g/mol. The molecule has 73 heavy (non-hydrogen) atoms. The van der Waals surface area contributed by atoms with Crippen molar-refractivity contribution < 1.29 is 71.4 Å². The standard InChI is InChI=1S/C54H49N3O15S/c1-4-48(58)65-29-10-9-28-64-33-44(70-50(60)6-3)34-67-41-20-14-39(15-21-41)53(63)72-46-26-13-36(31-40(46)32-55-57-54-56-45-11-7-8-12-47(45)73-54)27-30-66-51(61)37-18-24-43(25-19-37)71-52(62)38-16-22-42(23-17-38)68-35-69-49(59)5-2/h4-8,11-26,31-32,44H,1-3,9-10,27-30,33-35H2,(H,56,57)/b55-32+. The van der Waals surface area contributed by atoms with Crippen molar-refractivity contribution in [3.8, 4) is 23.0 Å². The van der Waals surface area contributed by atoms with E-state index in [-0.39, 0.29) is 61.4 Å². The predicted octanol–water partition coefficient (Wildman–Crippen LogP) is 8.65. The number of hydrogen-bond acceptors (Lipinski definition) is 19. The highest BCUT2D eigenvalue weighted by atomic mass is 32.1. The first-order valence-corrected chi connectivity index (χ1v) is 23.3. The molecular formula is C54H49N3O15S. The van der Waals surface area contributed by atoms with Gasteiger partial charge in [-0.3, -0.25) is 5.43 Å². The fourth-order valence-electron chi connectivity index (χ4n) is 6.21. The van der Waals surface area contributed by atoms with Gasteiger partial charge in [0.2, 0.25) is 11.9 Å². The molecule has 0 saturated carbocycles. The van der Waals surface area contributed by atoms with E-state index < -0.39 is 41.9 Å². The second kappa shape index (κ2) is 28.0. The topological polar surface area (TPSA) is 223 Å². The predicted molar refractivity (Wildman–Crippen MR) is 269 cm³/mol. The molecule has 18 nitrogen and oxygen atoms in total. The Balaban J connectivity index is 1.03. The lowest BCUT2D eigenvalue weighted by atomic mass is 10.1. The Hall–Kier alpha value is -8.94.